The second kappa shape index (κ2) is 13.2. The maximum Gasteiger partial charge on any atom is 0.272 e. The number of aromatic nitrogens is 3. The van der Waals surface area contributed by atoms with Crippen molar-refractivity contribution in [2.45, 2.75) is 24.5 Å². The van der Waals surface area contributed by atoms with Crippen LogP contribution in [0.2, 0.25) is 0 Å². The molecular weight excluding hydrogens is 543 g/mol. The van der Waals surface area contributed by atoms with Crippen LogP contribution >= 0.6 is 11.3 Å². The van der Waals surface area contributed by atoms with Gasteiger partial charge in [-0.05, 0) is 25.0 Å². The lowest BCUT2D eigenvalue weighted by atomic mass is 9.49. The van der Waals surface area contributed by atoms with Gasteiger partial charge in [0.05, 0.1) is 60.6 Å². The van der Waals surface area contributed by atoms with E-state index in [-0.39, 0.29) is 41.4 Å². The molecule has 4 rings (SSSR count). The molecule has 0 saturated heterocycles. The normalized spacial score (nSPS) is 12.8. The van der Waals surface area contributed by atoms with E-state index in [1.165, 1.54) is 24.5 Å². The van der Waals surface area contributed by atoms with Crippen molar-refractivity contribution in [3.8, 4) is 16.3 Å². The second-order valence-electron chi connectivity index (χ2n) is 9.31. The summed E-state index contributed by atoms with van der Waals surface area (Å²) >= 11 is 1.34. The molecule has 0 aliphatic heterocycles. The fourth-order valence-electron chi connectivity index (χ4n) is 3.74. The zero-order valence-electron chi connectivity index (χ0n) is 22.5. The van der Waals surface area contributed by atoms with Crippen LogP contribution in [0.15, 0.2) is 30.5 Å². The van der Waals surface area contributed by atoms with Crippen LogP contribution in [0.25, 0.3) is 10.6 Å². The third-order valence-electron chi connectivity index (χ3n) is 5.77. The van der Waals surface area contributed by atoms with E-state index in [0.717, 1.165) is 17.7 Å². The van der Waals surface area contributed by atoms with Gasteiger partial charge in [0.1, 0.15) is 5.01 Å². The van der Waals surface area contributed by atoms with Crippen LogP contribution in [-0.2, 0) is 20.7 Å². The number of nitrogens with one attached hydrogen (secondary N) is 4. The van der Waals surface area contributed by atoms with E-state index >= 15 is 0 Å². The van der Waals surface area contributed by atoms with Crippen LogP contribution in [0, 0.1) is 5.92 Å². The maximum absolute atomic E-state index is 12.9. The summed E-state index contributed by atoms with van der Waals surface area (Å²) in [6.07, 6.45) is 3.41. The molecule has 0 atom stereocenters. The number of benzene rings is 1. The standard InChI is InChI=1S/C25H26B3N7O5S/c1-39-9-8-29-19(36)10-14-12-30-24(41-14)15-4-3-5-16(21(15)40-2)31-17-11-18(32-22(37)13-6-7-13)34-35-20(17)23(38)33-25(26,27)28/h3-5,11-13H,6-10H2,1-2H3,(H,29,36)(H,33,38)(H2,31,32,34,37). The Bertz CT molecular complexity index is 1430. The number of ether oxygens (including phenoxy) is 2. The monoisotopic (exact) mass is 569 g/mol. The number of rotatable bonds is 13. The van der Waals surface area contributed by atoms with Crippen LogP contribution in [-0.4, -0.2) is 89.0 Å². The first kappa shape index (κ1) is 30.1. The number of carbonyl (C=O) groups is 3. The van der Waals surface area contributed by atoms with Crippen molar-refractivity contribution in [3.05, 3.63) is 41.0 Å². The third kappa shape index (κ3) is 8.30. The minimum Gasteiger partial charge on any atom is -0.494 e. The SMILES string of the molecule is [B]C([B])([B])NC(=O)c1nnc(NC(=O)C2CC2)cc1Nc1cccc(-c2ncc(CC(=O)NCCOC)s2)c1OC. The van der Waals surface area contributed by atoms with Gasteiger partial charge in [-0.25, -0.2) is 4.98 Å². The predicted octanol–water partition coefficient (Wildman–Crippen LogP) is 0.852. The molecule has 12 nitrogen and oxygen atoms in total. The fourth-order valence-corrected chi connectivity index (χ4v) is 4.67. The minimum absolute atomic E-state index is 0.0695. The molecule has 0 spiro atoms. The van der Waals surface area contributed by atoms with Crippen LogP contribution in [0.4, 0.5) is 17.2 Å². The molecule has 2 heterocycles. The van der Waals surface area contributed by atoms with Crippen molar-refractivity contribution in [1.29, 1.82) is 0 Å². The summed E-state index contributed by atoms with van der Waals surface area (Å²) in [4.78, 5) is 42.6. The summed E-state index contributed by atoms with van der Waals surface area (Å²) in [5, 5.41) is 17.4. The summed E-state index contributed by atoms with van der Waals surface area (Å²) in [6.45, 7) is 0.841. The minimum atomic E-state index is -2.00. The van der Waals surface area contributed by atoms with Crippen LogP contribution in [0.5, 0.6) is 5.75 Å². The number of para-hydroxylation sites is 1. The van der Waals surface area contributed by atoms with E-state index in [1.807, 2.05) is 6.07 Å². The van der Waals surface area contributed by atoms with Crippen LogP contribution in [0.1, 0.15) is 28.2 Å². The highest BCUT2D eigenvalue weighted by Gasteiger charge is 2.30. The average molecular weight is 569 g/mol. The van der Waals surface area contributed by atoms with Gasteiger partial charge in [0, 0.05) is 36.7 Å². The van der Waals surface area contributed by atoms with Crippen molar-refractivity contribution < 1.29 is 23.9 Å². The van der Waals surface area contributed by atoms with E-state index in [1.54, 1.807) is 25.4 Å². The molecule has 16 heteroatoms. The number of methoxy groups -OCH3 is 2. The average Bonchev–Trinajstić information content (AvgIpc) is 3.67. The second-order valence-corrected chi connectivity index (χ2v) is 10.4. The first-order valence-electron chi connectivity index (χ1n) is 12.6. The number of hydrogen-bond donors (Lipinski definition) is 4. The van der Waals surface area contributed by atoms with Crippen molar-refractivity contribution in [2.75, 3.05) is 38.0 Å². The molecule has 2 aromatic heterocycles. The molecule has 0 unspecified atom stereocenters. The highest BCUT2D eigenvalue weighted by atomic mass is 32.1. The number of thiazole rings is 1. The number of nitrogens with zero attached hydrogens (tertiary/aromatic N) is 3. The molecule has 1 aliphatic carbocycles. The predicted molar refractivity (Wildman–Crippen MR) is 157 cm³/mol. The van der Waals surface area contributed by atoms with Crippen LogP contribution < -0.4 is 26.0 Å². The molecule has 6 radical (unpaired) electrons. The van der Waals surface area contributed by atoms with Gasteiger partial charge in [-0.15, -0.1) is 21.5 Å². The first-order valence-corrected chi connectivity index (χ1v) is 13.4. The Kier molecular flexibility index (Phi) is 9.66. The van der Waals surface area contributed by atoms with Crippen molar-refractivity contribution >= 4 is 69.8 Å². The summed E-state index contributed by atoms with van der Waals surface area (Å²) in [6, 6.07) is 6.77. The van der Waals surface area contributed by atoms with Gasteiger partial charge in [0.2, 0.25) is 11.8 Å². The summed E-state index contributed by atoms with van der Waals surface area (Å²) in [5.41, 5.74) is 1.10. The van der Waals surface area contributed by atoms with E-state index in [2.05, 4.69) is 36.4 Å². The number of carbonyl (C=O) groups excluding carboxylic acids is 3. The van der Waals surface area contributed by atoms with E-state index in [4.69, 9.17) is 33.0 Å². The fraction of sp³-hybridized carbons (Fsp3) is 0.360. The molecule has 1 saturated carbocycles. The number of hydrogen-bond acceptors (Lipinski definition) is 10. The Morgan fingerprint density at radius 2 is 1.90 bits per heavy atom. The zero-order valence-corrected chi connectivity index (χ0v) is 23.3. The van der Waals surface area contributed by atoms with Crippen LogP contribution in [0.3, 0.4) is 0 Å². The Balaban J connectivity index is 1.62. The Morgan fingerprint density at radius 3 is 2.59 bits per heavy atom. The molecule has 0 bridgehead atoms. The zero-order chi connectivity index (χ0) is 29.6. The quantitative estimate of drug-likeness (QED) is 0.173. The van der Waals surface area contributed by atoms with E-state index in [9.17, 15) is 14.4 Å². The lowest BCUT2D eigenvalue weighted by Crippen LogP contribution is -2.50. The molecule has 4 N–H and O–H groups in total. The van der Waals surface area contributed by atoms with Gasteiger partial charge in [-0.2, -0.15) is 0 Å². The Morgan fingerprint density at radius 1 is 1.12 bits per heavy atom. The Labute approximate surface area is 245 Å². The summed E-state index contributed by atoms with van der Waals surface area (Å²) in [5.74, 6) is -0.633. The number of amides is 3. The molecule has 3 amide bonds. The molecule has 206 valence electrons. The van der Waals surface area contributed by atoms with Gasteiger partial charge in [0.15, 0.2) is 17.3 Å². The van der Waals surface area contributed by atoms with Gasteiger partial charge in [-0.1, -0.05) is 11.3 Å². The third-order valence-corrected chi connectivity index (χ3v) is 6.80. The highest BCUT2D eigenvalue weighted by molar-refractivity contribution is 7.15. The molecule has 1 fully saturated rings. The van der Waals surface area contributed by atoms with Gasteiger partial charge in [0.25, 0.3) is 5.91 Å². The smallest absolute Gasteiger partial charge is 0.272 e. The lowest BCUT2D eigenvalue weighted by molar-refractivity contribution is -0.120. The van der Waals surface area contributed by atoms with Crippen molar-refractivity contribution in [3.63, 3.8) is 0 Å². The maximum atomic E-state index is 12.9. The first-order chi connectivity index (χ1) is 19.6. The lowest BCUT2D eigenvalue weighted by Gasteiger charge is -2.23. The van der Waals surface area contributed by atoms with Crippen molar-refractivity contribution in [1.82, 2.24) is 25.8 Å². The van der Waals surface area contributed by atoms with E-state index < -0.39 is 11.1 Å². The topological polar surface area (TPSA) is 156 Å². The van der Waals surface area contributed by atoms with Gasteiger partial charge in [-0.3, -0.25) is 14.4 Å². The Hall–Kier alpha value is -3.91. The largest absolute Gasteiger partial charge is 0.494 e. The molecular formula is C25H26B3N7O5S. The van der Waals surface area contributed by atoms with E-state index in [0.29, 0.717) is 35.2 Å². The molecule has 1 aliphatic rings. The van der Waals surface area contributed by atoms with Crippen molar-refractivity contribution in [2.24, 2.45) is 5.92 Å². The summed E-state index contributed by atoms with van der Waals surface area (Å²) < 4.78 is 10.7. The highest BCUT2D eigenvalue weighted by Crippen LogP contribution is 2.40. The number of anilines is 3. The molecule has 3 aromatic rings. The molecule has 1 aromatic carbocycles. The molecule has 41 heavy (non-hydrogen) atoms. The van der Waals surface area contributed by atoms with Gasteiger partial charge < -0.3 is 30.7 Å². The summed E-state index contributed by atoms with van der Waals surface area (Å²) in [7, 11) is 19.7. The van der Waals surface area contributed by atoms with Gasteiger partial charge >= 0.3 is 0 Å².